The van der Waals surface area contributed by atoms with Gasteiger partial charge in [0.15, 0.2) is 0 Å². The predicted octanol–water partition coefficient (Wildman–Crippen LogP) is 2.75. The lowest BCUT2D eigenvalue weighted by molar-refractivity contribution is 0.0944. The van der Waals surface area contributed by atoms with Gasteiger partial charge in [0.2, 0.25) is 0 Å². The number of hydrogen-bond acceptors (Lipinski definition) is 1. The maximum Gasteiger partial charge on any atom is 0.0797 e. The smallest absolute Gasteiger partial charge is 0.0797 e. The Bertz CT molecular complexity index is 116. The topological polar surface area (TPSA) is 20.2 Å². The Balaban J connectivity index is 3.60. The van der Waals surface area contributed by atoms with E-state index in [4.69, 9.17) is 0 Å². The molecule has 0 radical (unpaired) electrons. The summed E-state index contributed by atoms with van der Waals surface area (Å²) in [5.74, 6) is 0.710. The Kier molecular flexibility index (Phi) is 4.43. The Labute approximate surface area is 70.1 Å². The van der Waals surface area contributed by atoms with Crippen LogP contribution in [0.3, 0.4) is 0 Å². The molecule has 0 heterocycles. The molecule has 0 spiro atoms. The zero-order valence-corrected chi connectivity index (χ0v) is 7.93. The van der Waals surface area contributed by atoms with Crippen molar-refractivity contribution in [2.45, 2.75) is 45.6 Å². The molecule has 0 aliphatic carbocycles. The third kappa shape index (κ3) is 5.02. The van der Waals surface area contributed by atoms with Crippen LogP contribution in [0.4, 0.5) is 0 Å². The predicted molar refractivity (Wildman–Crippen MR) is 49.5 cm³/mol. The molecule has 2 atom stereocenters. The van der Waals surface area contributed by atoms with Crippen molar-refractivity contribution in [3.8, 4) is 0 Å². The van der Waals surface area contributed by atoms with Gasteiger partial charge < -0.3 is 5.11 Å². The zero-order valence-electron chi connectivity index (χ0n) is 7.93. The summed E-state index contributed by atoms with van der Waals surface area (Å²) in [7, 11) is 0. The summed E-state index contributed by atoms with van der Waals surface area (Å²) < 4.78 is 0. The summed E-state index contributed by atoms with van der Waals surface area (Å²) in [6.45, 7) is 9.78. The van der Waals surface area contributed by atoms with Gasteiger partial charge in [-0.3, -0.25) is 0 Å². The van der Waals surface area contributed by atoms with E-state index in [1.807, 2.05) is 6.92 Å². The van der Waals surface area contributed by atoms with Gasteiger partial charge in [0.25, 0.3) is 0 Å². The van der Waals surface area contributed by atoms with Crippen molar-refractivity contribution in [1.29, 1.82) is 0 Å². The quantitative estimate of drug-likeness (QED) is 0.607. The fraction of sp³-hybridized carbons (Fsp3) is 0.800. The van der Waals surface area contributed by atoms with Crippen molar-refractivity contribution < 1.29 is 5.11 Å². The van der Waals surface area contributed by atoms with Crippen LogP contribution in [0, 0.1) is 5.92 Å². The van der Waals surface area contributed by atoms with Crippen LogP contribution in [0.25, 0.3) is 0 Å². The SMILES string of the molecule is C=CC(C)(O)CCC(C)CC. The van der Waals surface area contributed by atoms with Gasteiger partial charge in [-0.25, -0.2) is 0 Å². The van der Waals surface area contributed by atoms with E-state index in [9.17, 15) is 5.11 Å². The molecule has 0 aliphatic rings. The zero-order chi connectivity index (χ0) is 8.91. The van der Waals surface area contributed by atoms with Gasteiger partial charge in [-0.2, -0.15) is 0 Å². The van der Waals surface area contributed by atoms with Crippen LogP contribution in [0.1, 0.15) is 40.0 Å². The summed E-state index contributed by atoms with van der Waals surface area (Å²) in [5, 5.41) is 9.55. The fourth-order valence-corrected chi connectivity index (χ4v) is 0.845. The lowest BCUT2D eigenvalue weighted by atomic mass is 9.93. The van der Waals surface area contributed by atoms with Crippen LogP contribution in [-0.4, -0.2) is 10.7 Å². The molecule has 1 nitrogen and oxygen atoms in total. The van der Waals surface area contributed by atoms with Crippen molar-refractivity contribution in [3.05, 3.63) is 12.7 Å². The molecule has 0 bridgehead atoms. The maximum atomic E-state index is 9.55. The van der Waals surface area contributed by atoms with Crippen LogP contribution in [0.5, 0.6) is 0 Å². The summed E-state index contributed by atoms with van der Waals surface area (Å²) >= 11 is 0. The molecular formula is C10H20O. The van der Waals surface area contributed by atoms with E-state index in [0.717, 1.165) is 12.8 Å². The van der Waals surface area contributed by atoms with Crippen LogP contribution in [0.15, 0.2) is 12.7 Å². The molecule has 0 aromatic heterocycles. The third-order valence-electron chi connectivity index (χ3n) is 2.28. The normalized spacial score (nSPS) is 18.9. The van der Waals surface area contributed by atoms with Crippen LogP contribution < -0.4 is 0 Å². The van der Waals surface area contributed by atoms with E-state index >= 15 is 0 Å². The highest BCUT2D eigenvalue weighted by atomic mass is 16.3. The highest BCUT2D eigenvalue weighted by Crippen LogP contribution is 2.18. The number of hydrogen-bond donors (Lipinski definition) is 1. The number of aliphatic hydroxyl groups is 1. The second-order valence-corrected chi connectivity index (χ2v) is 3.61. The summed E-state index contributed by atoms with van der Waals surface area (Å²) in [4.78, 5) is 0. The highest BCUT2D eigenvalue weighted by Gasteiger charge is 2.15. The largest absolute Gasteiger partial charge is 0.386 e. The maximum absolute atomic E-state index is 9.55. The fourth-order valence-electron chi connectivity index (χ4n) is 0.845. The van der Waals surface area contributed by atoms with Crippen molar-refractivity contribution in [2.24, 2.45) is 5.92 Å². The second-order valence-electron chi connectivity index (χ2n) is 3.61. The van der Waals surface area contributed by atoms with Gasteiger partial charge in [-0.1, -0.05) is 26.3 Å². The van der Waals surface area contributed by atoms with Gasteiger partial charge in [0.05, 0.1) is 5.60 Å². The molecule has 0 amide bonds. The van der Waals surface area contributed by atoms with Crippen molar-refractivity contribution in [3.63, 3.8) is 0 Å². The van der Waals surface area contributed by atoms with Gasteiger partial charge in [-0.05, 0) is 25.7 Å². The van der Waals surface area contributed by atoms with E-state index in [1.165, 1.54) is 6.42 Å². The minimum Gasteiger partial charge on any atom is -0.386 e. The molecule has 66 valence electrons. The molecule has 0 fully saturated rings. The first-order chi connectivity index (χ1) is 5.02. The van der Waals surface area contributed by atoms with Gasteiger partial charge >= 0.3 is 0 Å². The standard InChI is InChI=1S/C10H20O/c1-5-9(3)7-8-10(4,11)6-2/h6,9,11H,2,5,7-8H2,1,3-4H3. The first-order valence-corrected chi connectivity index (χ1v) is 4.38. The second kappa shape index (κ2) is 4.55. The van der Waals surface area contributed by atoms with E-state index in [-0.39, 0.29) is 0 Å². The molecule has 0 aromatic carbocycles. The van der Waals surface area contributed by atoms with Crippen molar-refractivity contribution >= 4 is 0 Å². The summed E-state index contributed by atoms with van der Waals surface area (Å²) in [5.41, 5.74) is -0.663. The first-order valence-electron chi connectivity index (χ1n) is 4.38. The third-order valence-corrected chi connectivity index (χ3v) is 2.28. The molecule has 0 aliphatic heterocycles. The lowest BCUT2D eigenvalue weighted by Gasteiger charge is -2.20. The average molecular weight is 156 g/mol. The monoisotopic (exact) mass is 156 g/mol. The van der Waals surface area contributed by atoms with Crippen LogP contribution >= 0.6 is 0 Å². The molecule has 11 heavy (non-hydrogen) atoms. The summed E-state index contributed by atoms with van der Waals surface area (Å²) in [6, 6.07) is 0. The Morgan fingerprint density at radius 2 is 2.18 bits per heavy atom. The van der Waals surface area contributed by atoms with Crippen LogP contribution in [-0.2, 0) is 0 Å². The first kappa shape index (κ1) is 10.7. The van der Waals surface area contributed by atoms with E-state index in [0.29, 0.717) is 5.92 Å². The van der Waals surface area contributed by atoms with Crippen molar-refractivity contribution in [1.82, 2.24) is 0 Å². The molecule has 0 rings (SSSR count). The van der Waals surface area contributed by atoms with Crippen LogP contribution in [0.2, 0.25) is 0 Å². The molecular weight excluding hydrogens is 136 g/mol. The van der Waals surface area contributed by atoms with E-state index in [1.54, 1.807) is 6.08 Å². The molecule has 0 saturated carbocycles. The highest BCUT2D eigenvalue weighted by molar-refractivity contribution is 4.91. The molecule has 1 heteroatoms. The van der Waals surface area contributed by atoms with Gasteiger partial charge in [-0.15, -0.1) is 6.58 Å². The summed E-state index contributed by atoms with van der Waals surface area (Å²) in [6.07, 6.45) is 4.71. The van der Waals surface area contributed by atoms with E-state index < -0.39 is 5.60 Å². The lowest BCUT2D eigenvalue weighted by Crippen LogP contribution is -2.20. The van der Waals surface area contributed by atoms with E-state index in [2.05, 4.69) is 20.4 Å². The van der Waals surface area contributed by atoms with Crippen molar-refractivity contribution in [2.75, 3.05) is 0 Å². The minimum absolute atomic E-state index is 0.663. The molecule has 0 saturated heterocycles. The molecule has 0 aromatic rings. The molecule has 2 unspecified atom stereocenters. The number of rotatable bonds is 5. The van der Waals surface area contributed by atoms with Gasteiger partial charge in [0, 0.05) is 0 Å². The Morgan fingerprint density at radius 1 is 1.64 bits per heavy atom. The Morgan fingerprint density at radius 3 is 2.55 bits per heavy atom. The molecule has 1 N–H and O–H groups in total. The van der Waals surface area contributed by atoms with Gasteiger partial charge in [0.1, 0.15) is 0 Å². The Hall–Kier alpha value is -0.300. The average Bonchev–Trinajstić information content (AvgIpc) is 2.00. The minimum atomic E-state index is -0.663.